The van der Waals surface area contributed by atoms with Crippen LogP contribution in [0.3, 0.4) is 0 Å². The second-order valence-corrected chi connectivity index (χ2v) is 6.40. The lowest BCUT2D eigenvalue weighted by atomic mass is 10.1. The molecule has 3 rings (SSSR count). The molecule has 0 fully saturated rings. The van der Waals surface area contributed by atoms with Crippen LogP contribution in [0.1, 0.15) is 21.8 Å². The predicted octanol–water partition coefficient (Wildman–Crippen LogP) is 3.88. The number of carbonyl (C=O) groups is 1. The maximum Gasteiger partial charge on any atom is 0.283 e. The molecule has 2 aromatic carbocycles. The molecule has 1 heterocycles. The summed E-state index contributed by atoms with van der Waals surface area (Å²) in [5, 5.41) is 15.3. The Morgan fingerprint density at radius 1 is 1.30 bits per heavy atom. The highest BCUT2D eigenvalue weighted by molar-refractivity contribution is 6.31. The van der Waals surface area contributed by atoms with Gasteiger partial charge in [-0.15, -0.1) is 0 Å². The number of hydrogen-bond acceptors (Lipinski definition) is 6. The molecule has 9 heteroatoms. The van der Waals surface area contributed by atoms with Crippen LogP contribution in [-0.2, 0) is 6.54 Å². The van der Waals surface area contributed by atoms with Gasteiger partial charge in [-0.05, 0) is 25.1 Å². The number of halogens is 1. The van der Waals surface area contributed by atoms with Crippen molar-refractivity contribution in [2.24, 2.45) is 0 Å². The van der Waals surface area contributed by atoms with E-state index < -0.39 is 10.8 Å². The maximum absolute atomic E-state index is 12.6. The summed E-state index contributed by atoms with van der Waals surface area (Å²) in [5.41, 5.74) is 1.43. The quantitative estimate of drug-likeness (QED) is 0.487. The molecule has 1 aromatic heterocycles. The highest BCUT2D eigenvalue weighted by atomic mass is 35.5. The molecular formula is C18H15ClN4O4. The van der Waals surface area contributed by atoms with E-state index in [4.69, 9.17) is 16.1 Å². The van der Waals surface area contributed by atoms with E-state index >= 15 is 0 Å². The van der Waals surface area contributed by atoms with Crippen molar-refractivity contribution in [2.45, 2.75) is 13.5 Å². The van der Waals surface area contributed by atoms with Crippen LogP contribution >= 0.6 is 11.6 Å². The Bertz CT molecular complexity index is 1020. The lowest BCUT2D eigenvalue weighted by Crippen LogP contribution is -2.27. The number of aromatic nitrogens is 2. The van der Waals surface area contributed by atoms with E-state index in [9.17, 15) is 14.9 Å². The van der Waals surface area contributed by atoms with Crippen molar-refractivity contribution in [3.05, 3.63) is 74.6 Å². The molecule has 0 saturated carbocycles. The molecule has 0 aliphatic heterocycles. The van der Waals surface area contributed by atoms with Crippen LogP contribution in [-0.4, -0.2) is 32.9 Å². The van der Waals surface area contributed by atoms with E-state index in [0.29, 0.717) is 5.82 Å². The third kappa shape index (κ3) is 4.12. The Morgan fingerprint density at radius 3 is 2.78 bits per heavy atom. The van der Waals surface area contributed by atoms with Crippen LogP contribution in [0.25, 0.3) is 11.4 Å². The van der Waals surface area contributed by atoms with Crippen molar-refractivity contribution in [1.82, 2.24) is 15.0 Å². The molecule has 27 heavy (non-hydrogen) atoms. The second kappa shape index (κ2) is 7.55. The number of amides is 1. The Kier molecular flexibility index (Phi) is 5.18. The Labute approximate surface area is 159 Å². The summed E-state index contributed by atoms with van der Waals surface area (Å²) in [6, 6.07) is 11.5. The van der Waals surface area contributed by atoms with Crippen molar-refractivity contribution >= 4 is 23.2 Å². The average molecular weight is 387 g/mol. The number of hydrogen-bond donors (Lipinski definition) is 0. The number of nitrogens with zero attached hydrogens (tertiary/aromatic N) is 4. The van der Waals surface area contributed by atoms with Gasteiger partial charge in [0.25, 0.3) is 11.6 Å². The van der Waals surface area contributed by atoms with Crippen molar-refractivity contribution in [1.29, 1.82) is 0 Å². The molecule has 0 N–H and O–H groups in total. The van der Waals surface area contributed by atoms with Crippen molar-refractivity contribution in [2.75, 3.05) is 7.05 Å². The first kappa shape index (κ1) is 18.5. The largest absolute Gasteiger partial charge is 0.337 e. The number of carbonyl (C=O) groups excluding carboxylic acids is 1. The molecule has 0 atom stereocenters. The first-order valence-electron chi connectivity index (χ1n) is 7.94. The van der Waals surface area contributed by atoms with Crippen LogP contribution in [0, 0.1) is 17.0 Å². The molecule has 0 unspecified atom stereocenters. The summed E-state index contributed by atoms with van der Waals surface area (Å²) in [4.78, 5) is 28.7. The van der Waals surface area contributed by atoms with Crippen LogP contribution in [0.4, 0.5) is 5.69 Å². The summed E-state index contributed by atoms with van der Waals surface area (Å²) in [5.74, 6) is 0.0830. The normalized spacial score (nSPS) is 10.6. The Balaban J connectivity index is 1.79. The van der Waals surface area contributed by atoms with Crippen LogP contribution < -0.4 is 0 Å². The molecule has 0 radical (unpaired) electrons. The maximum atomic E-state index is 12.6. The van der Waals surface area contributed by atoms with Gasteiger partial charge in [-0.25, -0.2) is 0 Å². The minimum absolute atomic E-state index is 0.0113. The summed E-state index contributed by atoms with van der Waals surface area (Å²) in [6.07, 6.45) is 0. The Hall–Kier alpha value is -3.26. The zero-order chi connectivity index (χ0) is 19.6. The first-order valence-corrected chi connectivity index (χ1v) is 8.32. The van der Waals surface area contributed by atoms with Gasteiger partial charge in [-0.2, -0.15) is 4.98 Å². The number of benzene rings is 2. The number of rotatable bonds is 5. The first-order chi connectivity index (χ1) is 12.8. The summed E-state index contributed by atoms with van der Waals surface area (Å²) in [6.45, 7) is 1.97. The molecule has 0 bridgehead atoms. The molecular weight excluding hydrogens is 372 g/mol. The van der Waals surface area contributed by atoms with E-state index in [2.05, 4.69) is 10.1 Å². The summed E-state index contributed by atoms with van der Waals surface area (Å²) < 4.78 is 5.20. The molecule has 0 spiro atoms. The highest BCUT2D eigenvalue weighted by Gasteiger charge is 2.24. The van der Waals surface area contributed by atoms with Gasteiger partial charge in [0.1, 0.15) is 12.1 Å². The minimum Gasteiger partial charge on any atom is -0.337 e. The smallest absolute Gasteiger partial charge is 0.283 e. The van der Waals surface area contributed by atoms with Crippen LogP contribution in [0.15, 0.2) is 47.0 Å². The lowest BCUT2D eigenvalue weighted by Gasteiger charge is -2.14. The van der Waals surface area contributed by atoms with E-state index in [-0.39, 0.29) is 28.7 Å². The van der Waals surface area contributed by atoms with Crippen molar-refractivity contribution in [3.63, 3.8) is 0 Å². The topological polar surface area (TPSA) is 102 Å². The molecule has 0 aliphatic rings. The van der Waals surface area contributed by atoms with Gasteiger partial charge in [0.15, 0.2) is 0 Å². The molecule has 0 aliphatic carbocycles. The van der Waals surface area contributed by atoms with Gasteiger partial charge in [0.2, 0.25) is 11.7 Å². The fraction of sp³-hybridized carbons (Fsp3) is 0.167. The number of nitro groups is 1. The van der Waals surface area contributed by atoms with Crippen LogP contribution in [0.5, 0.6) is 0 Å². The predicted molar refractivity (Wildman–Crippen MR) is 98.4 cm³/mol. The monoisotopic (exact) mass is 386 g/mol. The molecule has 138 valence electrons. The third-order valence-corrected chi connectivity index (χ3v) is 4.09. The minimum atomic E-state index is -0.643. The summed E-state index contributed by atoms with van der Waals surface area (Å²) in [7, 11) is 1.50. The van der Waals surface area contributed by atoms with Gasteiger partial charge < -0.3 is 9.42 Å². The van der Waals surface area contributed by atoms with Crippen LogP contribution in [0.2, 0.25) is 5.02 Å². The number of aryl methyl sites for hydroxylation is 1. The van der Waals surface area contributed by atoms with Crippen molar-refractivity contribution < 1.29 is 14.2 Å². The average Bonchev–Trinajstić information content (AvgIpc) is 3.09. The van der Waals surface area contributed by atoms with E-state index in [1.54, 1.807) is 0 Å². The van der Waals surface area contributed by atoms with E-state index in [1.165, 1.54) is 24.1 Å². The summed E-state index contributed by atoms with van der Waals surface area (Å²) >= 11 is 5.78. The second-order valence-electron chi connectivity index (χ2n) is 5.96. The lowest BCUT2D eigenvalue weighted by molar-refractivity contribution is -0.385. The third-order valence-electron chi connectivity index (χ3n) is 3.85. The fourth-order valence-corrected chi connectivity index (χ4v) is 2.70. The van der Waals surface area contributed by atoms with Gasteiger partial charge >= 0.3 is 0 Å². The number of nitro benzene ring substituents is 1. The standard InChI is InChI=1S/C18H15ClN4O4/c1-11-4-3-5-12(8-11)17-20-16(27-21-17)10-22(2)18(24)14-7-6-13(19)9-15(14)23(25)26/h3-9H,10H2,1-2H3. The highest BCUT2D eigenvalue weighted by Crippen LogP contribution is 2.25. The zero-order valence-corrected chi connectivity index (χ0v) is 15.3. The molecule has 3 aromatic rings. The zero-order valence-electron chi connectivity index (χ0n) is 14.5. The van der Waals surface area contributed by atoms with Gasteiger partial charge in [0.05, 0.1) is 4.92 Å². The van der Waals surface area contributed by atoms with E-state index in [0.717, 1.165) is 17.2 Å². The van der Waals surface area contributed by atoms with Gasteiger partial charge in [-0.1, -0.05) is 40.5 Å². The fourth-order valence-electron chi connectivity index (χ4n) is 2.54. The van der Waals surface area contributed by atoms with Crippen molar-refractivity contribution in [3.8, 4) is 11.4 Å². The Morgan fingerprint density at radius 2 is 2.07 bits per heavy atom. The van der Waals surface area contributed by atoms with Gasteiger partial charge in [-0.3, -0.25) is 14.9 Å². The molecule has 0 saturated heterocycles. The van der Waals surface area contributed by atoms with E-state index in [1.807, 2.05) is 31.2 Å². The van der Waals surface area contributed by atoms with Gasteiger partial charge in [0, 0.05) is 23.7 Å². The SMILES string of the molecule is Cc1cccc(-c2noc(CN(C)C(=O)c3ccc(Cl)cc3[N+](=O)[O-])n2)c1. The molecule has 8 nitrogen and oxygen atoms in total. The molecule has 1 amide bonds.